The van der Waals surface area contributed by atoms with Gasteiger partial charge in [-0.3, -0.25) is 4.79 Å². The lowest BCUT2D eigenvalue weighted by atomic mass is 10.1. The fourth-order valence-corrected chi connectivity index (χ4v) is 1.52. The monoisotopic (exact) mass is 280 g/mol. The van der Waals surface area contributed by atoms with Crippen molar-refractivity contribution in [3.05, 3.63) is 23.8 Å². The summed E-state index contributed by atoms with van der Waals surface area (Å²) in [5.41, 5.74) is 5.81. The quantitative estimate of drug-likeness (QED) is 0.688. The number of carboxylic acids is 1. The first-order valence-corrected chi connectivity index (χ1v) is 6.45. The first-order chi connectivity index (χ1) is 9.35. The molecule has 0 saturated carbocycles. The molecule has 1 aromatic carbocycles. The van der Waals surface area contributed by atoms with E-state index in [1.807, 2.05) is 13.8 Å². The van der Waals surface area contributed by atoms with Gasteiger partial charge in [0, 0.05) is 11.7 Å². The van der Waals surface area contributed by atoms with E-state index in [2.05, 4.69) is 5.32 Å². The molecule has 0 aliphatic heterocycles. The average molecular weight is 280 g/mol. The molecule has 1 aromatic rings. The lowest BCUT2D eigenvalue weighted by molar-refractivity contribution is -0.127. The molecule has 0 aliphatic rings. The summed E-state index contributed by atoms with van der Waals surface area (Å²) >= 11 is 0. The summed E-state index contributed by atoms with van der Waals surface area (Å²) in [6.07, 6.45) is 0.0199. The van der Waals surface area contributed by atoms with Gasteiger partial charge in [-0.25, -0.2) is 4.79 Å². The van der Waals surface area contributed by atoms with Crippen LogP contribution in [0.5, 0.6) is 5.75 Å². The van der Waals surface area contributed by atoms with E-state index in [9.17, 15) is 9.59 Å². The third-order valence-electron chi connectivity index (χ3n) is 2.91. The predicted molar refractivity (Wildman–Crippen MR) is 75.8 cm³/mol. The molecule has 2 unspecified atom stereocenters. The number of rotatable bonds is 6. The molecule has 0 aliphatic carbocycles. The minimum atomic E-state index is -1.15. The van der Waals surface area contributed by atoms with Gasteiger partial charge in [-0.15, -0.1) is 0 Å². The maximum atomic E-state index is 11.9. The van der Waals surface area contributed by atoms with Gasteiger partial charge in [0.25, 0.3) is 5.91 Å². The summed E-state index contributed by atoms with van der Waals surface area (Å²) in [6, 6.07) is 4.32. The SMILES string of the molecule is CCC(C)NC(=O)C(C)Oc1ccc(N)cc1C(=O)O. The summed E-state index contributed by atoms with van der Waals surface area (Å²) in [6.45, 7) is 5.41. The molecule has 0 fully saturated rings. The van der Waals surface area contributed by atoms with E-state index < -0.39 is 12.1 Å². The van der Waals surface area contributed by atoms with Crippen LogP contribution in [0.1, 0.15) is 37.6 Å². The van der Waals surface area contributed by atoms with E-state index in [-0.39, 0.29) is 23.3 Å². The molecule has 0 bridgehead atoms. The number of aromatic carboxylic acids is 1. The molecule has 2 atom stereocenters. The Morgan fingerprint density at radius 2 is 2.05 bits per heavy atom. The lowest BCUT2D eigenvalue weighted by Gasteiger charge is -2.18. The van der Waals surface area contributed by atoms with Crippen LogP contribution in [0.25, 0.3) is 0 Å². The number of amides is 1. The molecule has 1 rings (SSSR count). The minimum absolute atomic E-state index is 0.0407. The Morgan fingerprint density at radius 3 is 2.60 bits per heavy atom. The van der Waals surface area contributed by atoms with Crippen molar-refractivity contribution in [2.75, 3.05) is 5.73 Å². The van der Waals surface area contributed by atoms with Gasteiger partial charge in [0.2, 0.25) is 0 Å². The number of benzene rings is 1. The van der Waals surface area contributed by atoms with Crippen LogP contribution in [-0.4, -0.2) is 29.1 Å². The van der Waals surface area contributed by atoms with Crippen LogP contribution in [0.3, 0.4) is 0 Å². The molecule has 6 nitrogen and oxygen atoms in total. The summed E-state index contributed by atoms with van der Waals surface area (Å²) in [4.78, 5) is 23.0. The first-order valence-electron chi connectivity index (χ1n) is 6.45. The molecule has 0 heterocycles. The zero-order valence-electron chi connectivity index (χ0n) is 11.8. The van der Waals surface area contributed by atoms with Crippen LogP contribution in [0.15, 0.2) is 18.2 Å². The molecular formula is C14H20N2O4. The third-order valence-corrected chi connectivity index (χ3v) is 2.91. The highest BCUT2D eigenvalue weighted by Crippen LogP contribution is 2.22. The smallest absolute Gasteiger partial charge is 0.339 e. The van der Waals surface area contributed by atoms with Crippen molar-refractivity contribution in [3.63, 3.8) is 0 Å². The molecule has 1 amide bonds. The average Bonchev–Trinajstić information content (AvgIpc) is 2.40. The highest BCUT2D eigenvalue weighted by atomic mass is 16.5. The highest BCUT2D eigenvalue weighted by Gasteiger charge is 2.19. The van der Waals surface area contributed by atoms with Crippen LogP contribution in [0.2, 0.25) is 0 Å². The van der Waals surface area contributed by atoms with E-state index in [1.54, 1.807) is 6.92 Å². The van der Waals surface area contributed by atoms with E-state index in [1.165, 1.54) is 18.2 Å². The summed E-state index contributed by atoms with van der Waals surface area (Å²) < 4.78 is 5.42. The number of anilines is 1. The number of nitrogen functional groups attached to an aromatic ring is 1. The normalized spacial score (nSPS) is 13.3. The van der Waals surface area contributed by atoms with E-state index in [4.69, 9.17) is 15.6 Å². The number of hydrogen-bond acceptors (Lipinski definition) is 4. The second-order valence-corrected chi connectivity index (χ2v) is 4.64. The Kier molecular flexibility index (Phi) is 5.37. The highest BCUT2D eigenvalue weighted by molar-refractivity contribution is 5.92. The number of carboxylic acid groups (broad SMARTS) is 1. The summed E-state index contributed by atoms with van der Waals surface area (Å²) in [5.74, 6) is -1.31. The van der Waals surface area contributed by atoms with Crippen molar-refractivity contribution in [2.24, 2.45) is 0 Å². The molecule has 6 heteroatoms. The third kappa shape index (κ3) is 4.15. The molecule has 4 N–H and O–H groups in total. The maximum absolute atomic E-state index is 11.9. The fourth-order valence-electron chi connectivity index (χ4n) is 1.52. The fraction of sp³-hybridized carbons (Fsp3) is 0.429. The van der Waals surface area contributed by atoms with Gasteiger partial charge >= 0.3 is 5.97 Å². The first kappa shape index (κ1) is 15.8. The second kappa shape index (κ2) is 6.79. The molecule has 0 spiro atoms. The van der Waals surface area contributed by atoms with Crippen molar-refractivity contribution in [3.8, 4) is 5.75 Å². The predicted octanol–water partition coefficient (Wildman–Crippen LogP) is 1.65. The minimum Gasteiger partial charge on any atom is -0.480 e. The zero-order valence-corrected chi connectivity index (χ0v) is 11.8. The Balaban J connectivity index is 2.82. The molecule has 110 valence electrons. The molecule has 0 radical (unpaired) electrons. The number of ether oxygens (including phenoxy) is 1. The van der Waals surface area contributed by atoms with E-state index in [0.717, 1.165) is 6.42 Å². The summed E-state index contributed by atoms with van der Waals surface area (Å²) in [5, 5.41) is 11.9. The van der Waals surface area contributed by atoms with E-state index >= 15 is 0 Å². The number of hydrogen-bond donors (Lipinski definition) is 3. The van der Waals surface area contributed by atoms with Crippen LogP contribution in [0.4, 0.5) is 5.69 Å². The van der Waals surface area contributed by atoms with Crippen LogP contribution in [-0.2, 0) is 4.79 Å². The van der Waals surface area contributed by atoms with Crippen molar-refractivity contribution in [2.45, 2.75) is 39.3 Å². The van der Waals surface area contributed by atoms with Crippen molar-refractivity contribution in [1.82, 2.24) is 5.32 Å². The van der Waals surface area contributed by atoms with Crippen LogP contribution < -0.4 is 15.8 Å². The van der Waals surface area contributed by atoms with E-state index in [0.29, 0.717) is 5.69 Å². The Labute approximate surface area is 117 Å². The number of carbonyl (C=O) groups excluding carboxylic acids is 1. The van der Waals surface area contributed by atoms with Crippen LogP contribution >= 0.6 is 0 Å². The lowest BCUT2D eigenvalue weighted by Crippen LogP contribution is -2.41. The maximum Gasteiger partial charge on any atom is 0.339 e. The van der Waals surface area contributed by atoms with Gasteiger partial charge in [-0.05, 0) is 38.5 Å². The largest absolute Gasteiger partial charge is 0.480 e. The van der Waals surface area contributed by atoms with Crippen molar-refractivity contribution in [1.29, 1.82) is 0 Å². The van der Waals surface area contributed by atoms with Gasteiger partial charge in [-0.2, -0.15) is 0 Å². The molecule has 20 heavy (non-hydrogen) atoms. The van der Waals surface area contributed by atoms with Gasteiger partial charge in [0.05, 0.1) is 0 Å². The van der Waals surface area contributed by atoms with Gasteiger partial charge < -0.3 is 20.9 Å². The van der Waals surface area contributed by atoms with Gasteiger partial charge in [0.15, 0.2) is 6.10 Å². The number of carbonyl (C=O) groups is 2. The number of nitrogens with two attached hydrogens (primary N) is 1. The Hall–Kier alpha value is -2.24. The molecular weight excluding hydrogens is 260 g/mol. The molecule has 0 saturated heterocycles. The standard InChI is InChI=1S/C14H20N2O4/c1-4-8(2)16-13(17)9(3)20-12-6-5-10(15)7-11(12)14(18)19/h5-9H,4,15H2,1-3H3,(H,16,17)(H,18,19). The second-order valence-electron chi connectivity index (χ2n) is 4.64. The summed E-state index contributed by atoms with van der Waals surface area (Å²) in [7, 11) is 0. The van der Waals surface area contributed by atoms with Gasteiger partial charge in [0.1, 0.15) is 11.3 Å². The van der Waals surface area contributed by atoms with Gasteiger partial charge in [-0.1, -0.05) is 6.92 Å². The Bertz CT molecular complexity index is 502. The number of nitrogens with one attached hydrogen (secondary N) is 1. The topological polar surface area (TPSA) is 102 Å². The molecule has 0 aromatic heterocycles. The van der Waals surface area contributed by atoms with Crippen LogP contribution in [0, 0.1) is 0 Å². The Morgan fingerprint density at radius 1 is 1.40 bits per heavy atom. The zero-order chi connectivity index (χ0) is 15.3. The van der Waals surface area contributed by atoms with Crippen molar-refractivity contribution < 1.29 is 19.4 Å². The van der Waals surface area contributed by atoms with Crippen molar-refractivity contribution >= 4 is 17.6 Å².